The number of benzene rings is 5. The number of allylic oxidation sites excluding steroid dienone is 2. The predicted octanol–water partition coefficient (Wildman–Crippen LogP) is 6.78. The molecule has 0 amide bonds. The van der Waals surface area contributed by atoms with Crippen LogP contribution in [0.1, 0.15) is 30.9 Å². The quantitative estimate of drug-likeness (QED) is 0.121. The van der Waals surface area contributed by atoms with E-state index in [9.17, 15) is 0 Å². The first kappa shape index (κ1) is 30.8. The minimum atomic E-state index is -0.539. The van der Waals surface area contributed by atoms with E-state index in [2.05, 4.69) is 186 Å². The molecule has 5 aromatic carbocycles. The van der Waals surface area contributed by atoms with Gasteiger partial charge in [-0.25, -0.2) is 4.98 Å². The number of aromatic nitrogens is 2. The van der Waals surface area contributed by atoms with Crippen LogP contribution >= 0.6 is 0 Å². The highest BCUT2D eigenvalue weighted by molar-refractivity contribution is 6.95. The topological polar surface area (TPSA) is 17.8 Å². The SMILES string of the molecule is CCCC=CC[SiH2]C(c1ccccc1)(c1ccccc1)n1ccnc1.c1ccc(B(c2ccccc2)c2ccccc2)cc1. The molecule has 0 aliphatic rings. The molecule has 6 rings (SSSR count). The first-order valence-electron chi connectivity index (χ1n) is 15.7. The molecule has 1 heterocycles. The van der Waals surface area contributed by atoms with Gasteiger partial charge < -0.3 is 4.57 Å². The summed E-state index contributed by atoms with van der Waals surface area (Å²) in [5.41, 5.74) is 6.71. The van der Waals surface area contributed by atoms with E-state index in [1.807, 2.05) is 12.5 Å². The Morgan fingerprint density at radius 1 is 0.614 bits per heavy atom. The number of rotatable bonds is 11. The van der Waals surface area contributed by atoms with Crippen LogP contribution in [0.2, 0.25) is 6.04 Å². The van der Waals surface area contributed by atoms with E-state index in [0.29, 0.717) is 6.71 Å². The molecule has 0 atom stereocenters. The van der Waals surface area contributed by atoms with Crippen molar-refractivity contribution in [3.63, 3.8) is 0 Å². The maximum Gasteiger partial charge on any atom is 0.241 e. The van der Waals surface area contributed by atoms with Crippen molar-refractivity contribution < 1.29 is 0 Å². The van der Waals surface area contributed by atoms with E-state index < -0.39 is 9.52 Å². The van der Waals surface area contributed by atoms with Gasteiger partial charge in [0.1, 0.15) is 0 Å². The molecular weight excluding hydrogens is 547 g/mol. The molecule has 0 radical (unpaired) electrons. The van der Waals surface area contributed by atoms with Gasteiger partial charge >= 0.3 is 0 Å². The van der Waals surface area contributed by atoms with E-state index in [4.69, 9.17) is 0 Å². The molecule has 4 heteroatoms. The summed E-state index contributed by atoms with van der Waals surface area (Å²) in [4.78, 5) is 4.36. The average molecular weight is 589 g/mol. The van der Waals surface area contributed by atoms with Crippen molar-refractivity contribution in [2.75, 3.05) is 0 Å². The summed E-state index contributed by atoms with van der Waals surface area (Å²) in [6, 6.07) is 55.0. The van der Waals surface area contributed by atoms with Gasteiger partial charge in [-0.1, -0.05) is 194 Å². The Labute approximate surface area is 266 Å². The van der Waals surface area contributed by atoms with E-state index >= 15 is 0 Å². The normalized spacial score (nSPS) is 11.4. The summed E-state index contributed by atoms with van der Waals surface area (Å²) in [7, 11) is -0.539. The van der Waals surface area contributed by atoms with Crippen LogP contribution in [-0.4, -0.2) is 25.8 Å². The molecule has 0 spiro atoms. The van der Waals surface area contributed by atoms with Gasteiger partial charge in [0.05, 0.1) is 21.0 Å². The van der Waals surface area contributed by atoms with E-state index in [-0.39, 0.29) is 5.16 Å². The van der Waals surface area contributed by atoms with E-state index in [1.54, 1.807) is 0 Å². The third-order valence-electron chi connectivity index (χ3n) is 8.14. The molecule has 0 aliphatic heterocycles. The zero-order valence-electron chi connectivity index (χ0n) is 25.6. The minimum absolute atomic E-state index is 0.102. The Kier molecular flexibility index (Phi) is 11.4. The summed E-state index contributed by atoms with van der Waals surface area (Å²) in [5, 5.41) is -0.102. The zero-order valence-corrected chi connectivity index (χ0v) is 27.0. The fraction of sp³-hybridized carbons (Fsp3) is 0.125. The highest BCUT2D eigenvalue weighted by Gasteiger charge is 2.35. The number of imidazole rings is 1. The Balaban J connectivity index is 0.000000181. The van der Waals surface area contributed by atoms with Gasteiger partial charge in [0.25, 0.3) is 0 Å². The van der Waals surface area contributed by atoms with Crippen LogP contribution in [0.4, 0.5) is 0 Å². The number of hydrogen-bond acceptors (Lipinski definition) is 1. The molecule has 0 bridgehead atoms. The Morgan fingerprint density at radius 2 is 1.05 bits per heavy atom. The molecular formula is C40H41BN2Si. The molecule has 0 N–H and O–H groups in total. The number of unbranched alkanes of at least 4 members (excludes halogenated alkanes) is 1. The second kappa shape index (κ2) is 16.3. The molecule has 218 valence electrons. The van der Waals surface area contributed by atoms with Gasteiger partial charge in [0.15, 0.2) is 0 Å². The lowest BCUT2D eigenvalue weighted by Gasteiger charge is -2.36. The summed E-state index contributed by atoms with van der Waals surface area (Å²) in [5.74, 6) is 0. The van der Waals surface area contributed by atoms with Crippen molar-refractivity contribution in [1.82, 2.24) is 9.55 Å². The monoisotopic (exact) mass is 588 g/mol. The number of nitrogens with zero attached hydrogens (tertiary/aromatic N) is 2. The van der Waals surface area contributed by atoms with Crippen molar-refractivity contribution in [2.45, 2.75) is 31.0 Å². The van der Waals surface area contributed by atoms with Crippen molar-refractivity contribution >= 4 is 32.6 Å². The molecule has 0 saturated carbocycles. The highest BCUT2D eigenvalue weighted by Crippen LogP contribution is 2.34. The molecule has 6 aromatic rings. The fourth-order valence-corrected chi connectivity index (χ4v) is 8.32. The predicted molar refractivity (Wildman–Crippen MR) is 193 cm³/mol. The van der Waals surface area contributed by atoms with Crippen LogP contribution in [0.25, 0.3) is 0 Å². The largest absolute Gasteiger partial charge is 0.327 e. The summed E-state index contributed by atoms with van der Waals surface area (Å²) < 4.78 is 2.32. The van der Waals surface area contributed by atoms with Gasteiger partial charge in [0.2, 0.25) is 6.71 Å². The molecule has 0 saturated heterocycles. The smallest absolute Gasteiger partial charge is 0.241 e. The van der Waals surface area contributed by atoms with Gasteiger partial charge in [-0.3, -0.25) is 0 Å². The minimum Gasteiger partial charge on any atom is -0.327 e. The first-order chi connectivity index (χ1) is 21.8. The van der Waals surface area contributed by atoms with Crippen molar-refractivity contribution in [3.05, 3.63) is 194 Å². The molecule has 0 aliphatic carbocycles. The van der Waals surface area contributed by atoms with Gasteiger partial charge in [0, 0.05) is 12.4 Å². The lowest BCUT2D eigenvalue weighted by Crippen LogP contribution is -2.51. The molecule has 1 aromatic heterocycles. The van der Waals surface area contributed by atoms with Crippen LogP contribution < -0.4 is 16.4 Å². The lowest BCUT2D eigenvalue weighted by atomic mass is 9.37. The fourth-order valence-electron chi connectivity index (χ4n) is 6.00. The van der Waals surface area contributed by atoms with Crippen LogP contribution in [0.5, 0.6) is 0 Å². The molecule has 0 unspecified atom stereocenters. The standard InChI is InChI=1S/C22H26N2Si.C18H15B/c1-2-3-4-11-18-25-22(24-17-16-23-19-24,20-12-7-5-8-13-20)21-14-9-6-10-15-21;1-4-10-16(11-5-1)19(17-12-6-2-7-13-17)18-14-8-3-9-15-18/h4-17,19H,2-3,18,25H2,1H3;1-15H. The summed E-state index contributed by atoms with van der Waals surface area (Å²) >= 11 is 0. The van der Waals surface area contributed by atoms with Gasteiger partial charge in [-0.05, 0) is 23.6 Å². The maximum absolute atomic E-state index is 4.36. The Bertz CT molecular complexity index is 1510. The zero-order chi connectivity index (χ0) is 30.3. The first-order valence-corrected chi connectivity index (χ1v) is 17.4. The molecule has 2 nitrogen and oxygen atoms in total. The average Bonchev–Trinajstić information content (AvgIpc) is 3.65. The van der Waals surface area contributed by atoms with Crippen LogP contribution in [0.15, 0.2) is 183 Å². The van der Waals surface area contributed by atoms with Crippen molar-refractivity contribution in [2.24, 2.45) is 0 Å². The molecule has 44 heavy (non-hydrogen) atoms. The summed E-state index contributed by atoms with van der Waals surface area (Å²) in [6.07, 6.45) is 13.1. The second-order valence-corrected chi connectivity index (χ2v) is 13.1. The van der Waals surface area contributed by atoms with Crippen LogP contribution in [0.3, 0.4) is 0 Å². The Morgan fingerprint density at radius 3 is 1.43 bits per heavy atom. The lowest BCUT2D eigenvalue weighted by molar-refractivity contribution is 0.592. The second-order valence-electron chi connectivity index (χ2n) is 11.0. The van der Waals surface area contributed by atoms with Crippen LogP contribution in [-0.2, 0) is 5.16 Å². The Hall–Kier alpha value is -4.67. The van der Waals surface area contributed by atoms with Gasteiger partial charge in [-0.2, -0.15) is 0 Å². The highest BCUT2D eigenvalue weighted by atomic mass is 28.2. The van der Waals surface area contributed by atoms with Crippen LogP contribution in [0, 0.1) is 0 Å². The third-order valence-corrected chi connectivity index (χ3v) is 10.7. The summed E-state index contributed by atoms with van der Waals surface area (Å²) in [6.45, 7) is 2.54. The van der Waals surface area contributed by atoms with Crippen molar-refractivity contribution in [1.29, 1.82) is 0 Å². The maximum atomic E-state index is 4.36. The van der Waals surface area contributed by atoms with E-state index in [0.717, 1.165) is 0 Å². The van der Waals surface area contributed by atoms with E-state index in [1.165, 1.54) is 46.4 Å². The molecule has 0 fully saturated rings. The third kappa shape index (κ3) is 7.64. The van der Waals surface area contributed by atoms with Gasteiger partial charge in [-0.15, -0.1) is 0 Å². The number of hydrogen-bond donors (Lipinski definition) is 0. The van der Waals surface area contributed by atoms with Crippen molar-refractivity contribution in [3.8, 4) is 0 Å².